The van der Waals surface area contributed by atoms with Crippen LogP contribution in [0.25, 0.3) is 0 Å². The fourth-order valence-corrected chi connectivity index (χ4v) is 3.34. The Kier molecular flexibility index (Phi) is 4.69. The number of hydrogen-bond donors (Lipinski definition) is 1. The van der Waals surface area contributed by atoms with Gasteiger partial charge in [-0.15, -0.1) is 0 Å². The Hall–Kier alpha value is -0.930. The number of halogens is 1. The molecule has 0 heterocycles. The summed E-state index contributed by atoms with van der Waals surface area (Å²) in [6, 6.07) is 7.56. The molecule has 2 fully saturated rings. The Labute approximate surface area is 120 Å². The van der Waals surface area contributed by atoms with Gasteiger partial charge < -0.3 is 10.1 Å². The van der Waals surface area contributed by atoms with Crippen LogP contribution in [-0.2, 0) is 4.74 Å². The van der Waals surface area contributed by atoms with Crippen molar-refractivity contribution in [1.82, 2.24) is 5.32 Å². The zero-order chi connectivity index (χ0) is 13.8. The highest BCUT2D eigenvalue weighted by Gasteiger charge is 2.29. The van der Waals surface area contributed by atoms with Crippen molar-refractivity contribution >= 4 is 0 Å². The molecule has 0 amide bonds. The molecule has 1 aromatic rings. The largest absolute Gasteiger partial charge is 0.377 e. The van der Waals surface area contributed by atoms with Crippen molar-refractivity contribution in [2.24, 2.45) is 0 Å². The van der Waals surface area contributed by atoms with Crippen molar-refractivity contribution in [1.29, 1.82) is 0 Å². The summed E-state index contributed by atoms with van der Waals surface area (Å²) in [5.74, 6) is 0.454. The van der Waals surface area contributed by atoms with E-state index in [9.17, 15) is 4.39 Å². The Morgan fingerprint density at radius 1 is 1.10 bits per heavy atom. The quantitative estimate of drug-likeness (QED) is 0.802. The molecule has 0 unspecified atom stereocenters. The monoisotopic (exact) mass is 277 g/mol. The zero-order valence-electron chi connectivity index (χ0n) is 12.0. The van der Waals surface area contributed by atoms with Crippen LogP contribution in [0.4, 0.5) is 4.39 Å². The van der Waals surface area contributed by atoms with E-state index in [1.54, 1.807) is 12.1 Å². The molecule has 2 saturated carbocycles. The summed E-state index contributed by atoms with van der Waals surface area (Å²) >= 11 is 0. The molecule has 0 saturated heterocycles. The van der Waals surface area contributed by atoms with Crippen LogP contribution in [0.3, 0.4) is 0 Å². The van der Waals surface area contributed by atoms with E-state index in [0.717, 1.165) is 26.0 Å². The van der Waals surface area contributed by atoms with Gasteiger partial charge in [0.2, 0.25) is 0 Å². The van der Waals surface area contributed by atoms with Crippen LogP contribution in [0.2, 0.25) is 0 Å². The van der Waals surface area contributed by atoms with Crippen LogP contribution < -0.4 is 5.32 Å². The van der Waals surface area contributed by atoms with Gasteiger partial charge in [0.05, 0.1) is 12.7 Å². The second kappa shape index (κ2) is 6.68. The highest BCUT2D eigenvalue weighted by atomic mass is 19.1. The molecule has 0 atom stereocenters. The van der Waals surface area contributed by atoms with Gasteiger partial charge in [0.25, 0.3) is 0 Å². The third kappa shape index (κ3) is 3.58. The van der Waals surface area contributed by atoms with Crippen LogP contribution >= 0.6 is 0 Å². The van der Waals surface area contributed by atoms with E-state index in [4.69, 9.17) is 4.74 Å². The van der Waals surface area contributed by atoms with E-state index in [2.05, 4.69) is 5.32 Å². The van der Waals surface area contributed by atoms with Crippen molar-refractivity contribution in [2.75, 3.05) is 13.2 Å². The maximum atomic E-state index is 12.9. The molecule has 0 bridgehead atoms. The zero-order valence-corrected chi connectivity index (χ0v) is 12.0. The van der Waals surface area contributed by atoms with Gasteiger partial charge in [-0.25, -0.2) is 4.39 Å². The van der Waals surface area contributed by atoms with Crippen molar-refractivity contribution < 1.29 is 9.13 Å². The van der Waals surface area contributed by atoms with Crippen molar-refractivity contribution in [3.05, 3.63) is 35.6 Å². The predicted octanol–water partition coefficient (Wildman–Crippen LogP) is 3.62. The Balaban J connectivity index is 1.29. The molecule has 2 nitrogen and oxygen atoms in total. The maximum Gasteiger partial charge on any atom is 0.123 e. The first-order chi connectivity index (χ1) is 9.81. The second-order valence-corrected chi connectivity index (χ2v) is 6.15. The molecule has 0 spiro atoms. The predicted molar refractivity (Wildman–Crippen MR) is 78.4 cm³/mol. The van der Waals surface area contributed by atoms with Gasteiger partial charge in [0, 0.05) is 12.6 Å². The summed E-state index contributed by atoms with van der Waals surface area (Å²) in [5, 5.41) is 3.56. The summed E-state index contributed by atoms with van der Waals surface area (Å²) in [6.45, 7) is 1.79. The van der Waals surface area contributed by atoms with Gasteiger partial charge in [0.1, 0.15) is 5.82 Å². The second-order valence-electron chi connectivity index (χ2n) is 6.15. The first kappa shape index (κ1) is 14.0. The normalized spacial score (nSPS) is 26.6. The minimum Gasteiger partial charge on any atom is -0.377 e. The lowest BCUT2D eigenvalue weighted by Crippen LogP contribution is -2.41. The molecule has 0 aromatic heterocycles. The van der Waals surface area contributed by atoms with Gasteiger partial charge in [0.15, 0.2) is 0 Å². The summed E-state index contributed by atoms with van der Waals surface area (Å²) < 4.78 is 18.7. The number of rotatable bonds is 6. The molecule has 3 rings (SSSR count). The van der Waals surface area contributed by atoms with Crippen LogP contribution in [-0.4, -0.2) is 25.3 Å². The minimum atomic E-state index is -0.146. The summed E-state index contributed by atoms with van der Waals surface area (Å²) in [7, 11) is 0. The number of hydrogen-bond acceptors (Lipinski definition) is 2. The standard InChI is InChI=1S/C17H24FNO/c18-15-7-5-13(6-8-15)14-11-16(12-14)19-9-10-20-17-3-1-2-4-17/h5-8,14,16-17,19H,1-4,9-12H2. The summed E-state index contributed by atoms with van der Waals surface area (Å²) in [4.78, 5) is 0. The number of nitrogens with one attached hydrogen (secondary N) is 1. The molecular formula is C17H24FNO. The molecule has 1 aromatic carbocycles. The Morgan fingerprint density at radius 3 is 2.50 bits per heavy atom. The van der Waals surface area contributed by atoms with E-state index in [1.165, 1.54) is 31.2 Å². The third-order valence-electron chi connectivity index (χ3n) is 4.67. The first-order valence-electron chi connectivity index (χ1n) is 7.92. The topological polar surface area (TPSA) is 21.3 Å². The molecule has 3 heteroatoms. The fraction of sp³-hybridized carbons (Fsp3) is 0.647. The highest BCUT2D eigenvalue weighted by Crippen LogP contribution is 2.36. The van der Waals surface area contributed by atoms with Crippen LogP contribution in [0.5, 0.6) is 0 Å². The molecule has 0 aliphatic heterocycles. The Morgan fingerprint density at radius 2 is 1.80 bits per heavy atom. The third-order valence-corrected chi connectivity index (χ3v) is 4.67. The van der Waals surface area contributed by atoms with Gasteiger partial charge in [-0.1, -0.05) is 25.0 Å². The van der Waals surface area contributed by atoms with Gasteiger partial charge in [-0.05, 0) is 49.3 Å². The Bertz CT molecular complexity index is 408. The highest BCUT2D eigenvalue weighted by molar-refractivity contribution is 5.23. The van der Waals surface area contributed by atoms with Crippen LogP contribution in [0.1, 0.15) is 50.0 Å². The molecule has 1 N–H and O–H groups in total. The van der Waals surface area contributed by atoms with E-state index in [-0.39, 0.29) is 5.82 Å². The molecule has 2 aliphatic rings. The van der Waals surface area contributed by atoms with Crippen molar-refractivity contribution in [2.45, 2.75) is 56.6 Å². The maximum absolute atomic E-state index is 12.9. The lowest BCUT2D eigenvalue weighted by Gasteiger charge is -2.36. The van der Waals surface area contributed by atoms with E-state index < -0.39 is 0 Å². The molecular weight excluding hydrogens is 253 g/mol. The van der Waals surface area contributed by atoms with Gasteiger partial charge in [-0.2, -0.15) is 0 Å². The van der Waals surface area contributed by atoms with Crippen LogP contribution in [0, 0.1) is 5.82 Å². The molecule has 0 radical (unpaired) electrons. The average Bonchev–Trinajstić information content (AvgIpc) is 2.91. The first-order valence-corrected chi connectivity index (χ1v) is 7.92. The molecule has 110 valence electrons. The van der Waals surface area contributed by atoms with E-state index in [1.807, 2.05) is 12.1 Å². The lowest BCUT2D eigenvalue weighted by atomic mass is 9.76. The van der Waals surface area contributed by atoms with E-state index in [0.29, 0.717) is 18.1 Å². The van der Waals surface area contributed by atoms with Gasteiger partial charge >= 0.3 is 0 Å². The molecule has 20 heavy (non-hydrogen) atoms. The van der Waals surface area contributed by atoms with Crippen molar-refractivity contribution in [3.63, 3.8) is 0 Å². The summed E-state index contributed by atoms with van der Waals surface area (Å²) in [5.41, 5.74) is 1.27. The van der Waals surface area contributed by atoms with E-state index >= 15 is 0 Å². The SMILES string of the molecule is Fc1ccc(C2CC(NCCOC3CCCC3)C2)cc1. The van der Waals surface area contributed by atoms with Crippen LogP contribution in [0.15, 0.2) is 24.3 Å². The summed E-state index contributed by atoms with van der Waals surface area (Å²) in [6.07, 6.45) is 8.00. The number of benzene rings is 1. The lowest BCUT2D eigenvalue weighted by molar-refractivity contribution is 0.0571. The average molecular weight is 277 g/mol. The minimum absolute atomic E-state index is 0.146. The molecule has 2 aliphatic carbocycles. The van der Waals surface area contributed by atoms with Crippen molar-refractivity contribution in [3.8, 4) is 0 Å². The smallest absolute Gasteiger partial charge is 0.123 e. The van der Waals surface area contributed by atoms with Gasteiger partial charge in [-0.3, -0.25) is 0 Å². The number of ether oxygens (including phenoxy) is 1. The fourth-order valence-electron chi connectivity index (χ4n) is 3.34.